The zero-order chi connectivity index (χ0) is 20.4. The van der Waals surface area contributed by atoms with Crippen molar-refractivity contribution >= 4 is 35.2 Å². The molecule has 1 aromatic carbocycles. The van der Waals surface area contributed by atoms with Gasteiger partial charge in [0.25, 0.3) is 0 Å². The van der Waals surface area contributed by atoms with E-state index in [0.717, 1.165) is 0 Å². The van der Waals surface area contributed by atoms with Crippen LogP contribution in [0, 0.1) is 5.92 Å². The first-order valence-electron chi connectivity index (χ1n) is 9.28. The van der Waals surface area contributed by atoms with Crippen LogP contribution < -0.4 is 20.6 Å². The van der Waals surface area contributed by atoms with Crippen LogP contribution in [-0.2, 0) is 14.4 Å². The highest BCUT2D eigenvalue weighted by Crippen LogP contribution is 2.29. The summed E-state index contributed by atoms with van der Waals surface area (Å²) in [6.07, 6.45) is 0.912. The Hall–Kier alpha value is -3.10. The normalized spacial score (nSPS) is 19.8. The van der Waals surface area contributed by atoms with E-state index in [1.807, 2.05) is 0 Å². The molecule has 2 heterocycles. The summed E-state index contributed by atoms with van der Waals surface area (Å²) < 4.78 is 0. The highest BCUT2D eigenvalue weighted by Gasteiger charge is 2.37. The number of hydrogen-bond donors (Lipinski definition) is 2. The number of aliphatic carboxylic acids is 1. The van der Waals surface area contributed by atoms with Crippen molar-refractivity contribution < 1.29 is 24.3 Å². The first-order chi connectivity index (χ1) is 13.3. The van der Waals surface area contributed by atoms with E-state index in [9.17, 15) is 24.3 Å². The average molecular weight is 387 g/mol. The predicted molar refractivity (Wildman–Crippen MR) is 99.3 cm³/mol. The van der Waals surface area contributed by atoms with Gasteiger partial charge >= 0.3 is 6.03 Å². The first kappa shape index (κ1) is 19.7. The van der Waals surface area contributed by atoms with Crippen LogP contribution in [0.25, 0.3) is 0 Å². The molecule has 9 nitrogen and oxygen atoms in total. The lowest BCUT2D eigenvalue weighted by atomic mass is 10.0. The molecule has 0 saturated carbocycles. The number of fused-ring (bicyclic) bond motifs is 1. The van der Waals surface area contributed by atoms with E-state index >= 15 is 0 Å². The smallest absolute Gasteiger partial charge is 0.323 e. The third-order valence-electron chi connectivity index (χ3n) is 5.04. The summed E-state index contributed by atoms with van der Waals surface area (Å²) in [5, 5.41) is 16.7. The third-order valence-corrected chi connectivity index (χ3v) is 5.04. The fourth-order valence-corrected chi connectivity index (χ4v) is 3.59. The number of anilines is 2. The van der Waals surface area contributed by atoms with Crippen molar-refractivity contribution in [2.75, 3.05) is 23.3 Å². The fraction of sp³-hybridized carbons (Fsp3) is 0.474. The monoisotopic (exact) mass is 387 g/mol. The molecule has 2 atom stereocenters. The molecule has 28 heavy (non-hydrogen) atoms. The number of carbonyl (C=O) groups excluding carboxylic acids is 4. The highest BCUT2D eigenvalue weighted by atomic mass is 16.4. The number of carbonyl (C=O) groups is 4. The first-order valence-corrected chi connectivity index (χ1v) is 9.28. The molecule has 0 spiro atoms. The molecule has 1 fully saturated rings. The van der Waals surface area contributed by atoms with Gasteiger partial charge in [-0.2, -0.15) is 0 Å². The zero-order valence-corrected chi connectivity index (χ0v) is 15.8. The number of carboxylic acids is 1. The number of para-hydroxylation sites is 2. The molecule has 1 aromatic rings. The lowest BCUT2D eigenvalue weighted by Crippen LogP contribution is -2.58. The molecule has 0 aliphatic carbocycles. The largest absolute Gasteiger partial charge is 0.548 e. The molecule has 150 valence electrons. The van der Waals surface area contributed by atoms with Gasteiger partial charge in [0.15, 0.2) is 0 Å². The van der Waals surface area contributed by atoms with E-state index in [2.05, 4.69) is 10.6 Å². The number of likely N-dealkylation sites (tertiary alicyclic amines) is 1. The third kappa shape index (κ3) is 3.78. The summed E-state index contributed by atoms with van der Waals surface area (Å²) in [7, 11) is 0. The number of nitrogens with zero attached hydrogens (tertiary/aromatic N) is 2. The minimum absolute atomic E-state index is 0.173. The minimum atomic E-state index is -1.29. The van der Waals surface area contributed by atoms with Crippen LogP contribution in [0.1, 0.15) is 26.7 Å². The molecule has 1 saturated heterocycles. The van der Waals surface area contributed by atoms with E-state index in [0.29, 0.717) is 30.8 Å². The molecule has 2 aliphatic rings. The lowest BCUT2D eigenvalue weighted by Gasteiger charge is -2.34. The summed E-state index contributed by atoms with van der Waals surface area (Å²) in [4.78, 5) is 51.6. The molecular weight excluding hydrogens is 364 g/mol. The molecule has 3 rings (SSSR count). The summed E-state index contributed by atoms with van der Waals surface area (Å²) in [5.74, 6) is -2.35. The topological polar surface area (TPSA) is 122 Å². The number of rotatable bonds is 4. The number of benzene rings is 1. The van der Waals surface area contributed by atoms with E-state index in [1.165, 1.54) is 9.80 Å². The Morgan fingerprint density at radius 1 is 1.25 bits per heavy atom. The quantitative estimate of drug-likeness (QED) is 0.748. The van der Waals surface area contributed by atoms with Gasteiger partial charge in [0, 0.05) is 6.54 Å². The summed E-state index contributed by atoms with van der Waals surface area (Å²) in [5.41, 5.74) is 1.04. The Labute approximate surface area is 162 Å². The van der Waals surface area contributed by atoms with Crippen LogP contribution in [-0.4, -0.2) is 53.9 Å². The van der Waals surface area contributed by atoms with Crippen molar-refractivity contribution in [1.82, 2.24) is 10.2 Å². The van der Waals surface area contributed by atoms with Crippen LogP contribution in [0.3, 0.4) is 0 Å². The number of nitrogens with one attached hydrogen (secondary N) is 2. The maximum atomic E-state index is 13.0. The van der Waals surface area contributed by atoms with Crippen molar-refractivity contribution in [2.45, 2.75) is 38.8 Å². The van der Waals surface area contributed by atoms with Crippen molar-refractivity contribution in [3.8, 4) is 0 Å². The van der Waals surface area contributed by atoms with Crippen LogP contribution >= 0.6 is 0 Å². The minimum Gasteiger partial charge on any atom is -0.548 e. The number of carboxylic acid groups (broad SMARTS) is 1. The Balaban J connectivity index is 1.79. The van der Waals surface area contributed by atoms with Crippen LogP contribution in [0.5, 0.6) is 0 Å². The standard InChI is InChI=1S/C19H24N4O5/c1-11(2)16(17(25)22-9-5-8-14(22)18(26)27)21-19(28)23-10-15(24)20-12-6-3-4-7-13(12)23/h3-4,6-7,11,14,16H,5,8-10H2,1-2H3,(H,20,24)(H,21,28)(H,26,27)/p-1/t14-,16+/m1/s1. The van der Waals surface area contributed by atoms with Crippen molar-refractivity contribution in [3.63, 3.8) is 0 Å². The van der Waals surface area contributed by atoms with Gasteiger partial charge in [-0.1, -0.05) is 26.0 Å². The Morgan fingerprint density at radius 2 is 1.96 bits per heavy atom. The second kappa shape index (κ2) is 7.87. The molecule has 0 aromatic heterocycles. The summed E-state index contributed by atoms with van der Waals surface area (Å²) >= 11 is 0. The van der Waals surface area contributed by atoms with E-state index < -0.39 is 30.0 Å². The molecule has 2 N–H and O–H groups in total. The highest BCUT2D eigenvalue weighted by molar-refractivity contribution is 6.10. The van der Waals surface area contributed by atoms with Crippen LogP contribution in [0.4, 0.5) is 16.2 Å². The SMILES string of the molecule is CC(C)[C@H](NC(=O)N1CC(=O)Nc2ccccc21)C(=O)N1CCC[C@@H]1C(=O)[O-]. The Bertz CT molecular complexity index is 809. The summed E-state index contributed by atoms with van der Waals surface area (Å²) in [6.45, 7) is 3.67. The van der Waals surface area contributed by atoms with Crippen molar-refractivity contribution in [2.24, 2.45) is 5.92 Å². The van der Waals surface area contributed by atoms with Gasteiger partial charge in [0.1, 0.15) is 12.6 Å². The number of urea groups is 1. The Morgan fingerprint density at radius 3 is 2.64 bits per heavy atom. The van der Waals surface area contributed by atoms with E-state index in [-0.39, 0.29) is 18.4 Å². The van der Waals surface area contributed by atoms with Gasteiger partial charge in [-0.15, -0.1) is 0 Å². The molecule has 0 radical (unpaired) electrons. The van der Waals surface area contributed by atoms with Gasteiger partial charge < -0.3 is 25.4 Å². The lowest BCUT2D eigenvalue weighted by molar-refractivity contribution is -0.310. The van der Waals surface area contributed by atoms with Gasteiger partial charge in [-0.25, -0.2) is 4.79 Å². The van der Waals surface area contributed by atoms with Gasteiger partial charge in [0.2, 0.25) is 11.8 Å². The second-order valence-corrected chi connectivity index (χ2v) is 7.33. The van der Waals surface area contributed by atoms with Gasteiger partial charge in [-0.05, 0) is 30.9 Å². The molecule has 2 aliphatic heterocycles. The molecule has 0 unspecified atom stereocenters. The van der Waals surface area contributed by atoms with Crippen LogP contribution in [0.2, 0.25) is 0 Å². The number of hydrogen-bond acceptors (Lipinski definition) is 5. The molecular formula is C19H23N4O5-. The second-order valence-electron chi connectivity index (χ2n) is 7.33. The maximum Gasteiger partial charge on any atom is 0.323 e. The van der Waals surface area contributed by atoms with Crippen molar-refractivity contribution in [3.05, 3.63) is 24.3 Å². The molecule has 0 bridgehead atoms. The molecule has 9 heteroatoms. The van der Waals surface area contributed by atoms with Gasteiger partial charge in [-0.3, -0.25) is 14.5 Å². The van der Waals surface area contributed by atoms with E-state index in [4.69, 9.17) is 0 Å². The average Bonchev–Trinajstić information content (AvgIpc) is 3.14. The molecule has 4 amide bonds. The van der Waals surface area contributed by atoms with Crippen molar-refractivity contribution in [1.29, 1.82) is 0 Å². The summed E-state index contributed by atoms with van der Waals surface area (Å²) in [6, 6.07) is 4.40. The van der Waals surface area contributed by atoms with Gasteiger partial charge in [0.05, 0.1) is 23.4 Å². The fourth-order valence-electron chi connectivity index (χ4n) is 3.59. The predicted octanol–water partition coefficient (Wildman–Crippen LogP) is -0.0798. The Kier molecular flexibility index (Phi) is 5.53. The number of amides is 4. The van der Waals surface area contributed by atoms with E-state index in [1.54, 1.807) is 38.1 Å². The zero-order valence-electron chi connectivity index (χ0n) is 15.8. The maximum absolute atomic E-state index is 13.0. The van der Waals surface area contributed by atoms with Crippen LogP contribution in [0.15, 0.2) is 24.3 Å².